The fraction of sp³-hybridized carbons (Fsp3) is 0.0909. The topological polar surface area (TPSA) is 57.9 Å². The highest BCUT2D eigenvalue weighted by Crippen LogP contribution is 2.21. The third-order valence-corrected chi connectivity index (χ3v) is 2.45. The molecule has 0 unspecified atom stereocenters. The predicted molar refractivity (Wildman–Crippen MR) is 62.7 cm³/mol. The number of H-pyrrole nitrogens is 2. The Labute approximate surface area is 101 Å². The van der Waals surface area contributed by atoms with Gasteiger partial charge in [0.25, 0.3) is 0 Å². The molecule has 1 aromatic carbocycles. The maximum absolute atomic E-state index is 12.8. The van der Waals surface area contributed by atoms with Gasteiger partial charge in [0, 0.05) is 5.56 Å². The van der Waals surface area contributed by atoms with Crippen LogP contribution in [-0.4, -0.2) is 23.0 Å². The first-order valence-electron chi connectivity index (χ1n) is 4.78. The van der Waals surface area contributed by atoms with Crippen molar-refractivity contribution in [1.29, 1.82) is 0 Å². The lowest BCUT2D eigenvalue weighted by atomic mass is 10.1. The summed E-state index contributed by atoms with van der Waals surface area (Å²) in [6, 6.07) is 5.72. The fourth-order valence-electron chi connectivity index (χ4n) is 1.47. The zero-order valence-corrected chi connectivity index (χ0v) is 9.73. The second-order valence-corrected chi connectivity index (χ2v) is 3.74. The third-order valence-electron chi connectivity index (χ3n) is 2.25. The highest BCUT2D eigenvalue weighted by Gasteiger charge is 2.16. The zero-order valence-electron chi connectivity index (χ0n) is 8.91. The van der Waals surface area contributed by atoms with Crippen molar-refractivity contribution in [3.63, 3.8) is 0 Å². The summed E-state index contributed by atoms with van der Waals surface area (Å²) in [6.07, 6.45) is 0. The molecule has 0 atom stereocenters. The lowest BCUT2D eigenvalue weighted by Crippen LogP contribution is -2.03. The van der Waals surface area contributed by atoms with Gasteiger partial charge in [0.2, 0.25) is 0 Å². The van der Waals surface area contributed by atoms with Crippen LogP contribution in [0.25, 0.3) is 11.3 Å². The number of benzene rings is 1. The molecule has 4 nitrogen and oxygen atoms in total. The van der Waals surface area contributed by atoms with Gasteiger partial charge < -0.3 is 14.7 Å². The maximum Gasteiger partial charge on any atom is 0.356 e. The molecule has 0 aliphatic heterocycles. The number of carbonyl (C=O) groups is 1. The zero-order chi connectivity index (χ0) is 12.4. The summed E-state index contributed by atoms with van der Waals surface area (Å²) in [5, 5.41) is 0. The van der Waals surface area contributed by atoms with E-state index in [0.717, 1.165) is 0 Å². The Kier molecular flexibility index (Phi) is 3.06. The van der Waals surface area contributed by atoms with Gasteiger partial charge in [-0.05, 0) is 36.5 Å². The highest BCUT2D eigenvalue weighted by atomic mass is 32.1. The molecule has 0 aliphatic rings. The molecule has 1 aromatic heterocycles. The van der Waals surface area contributed by atoms with E-state index in [1.165, 1.54) is 19.2 Å². The molecule has 0 spiro atoms. The molecule has 0 radical (unpaired) electrons. The van der Waals surface area contributed by atoms with Crippen molar-refractivity contribution in [2.75, 3.05) is 7.11 Å². The van der Waals surface area contributed by atoms with E-state index >= 15 is 0 Å². The number of nitrogens with one attached hydrogen (secondary N) is 2. The lowest BCUT2D eigenvalue weighted by Gasteiger charge is -2.01. The molecule has 0 aliphatic carbocycles. The SMILES string of the molecule is COC(=O)c1[nH]c(=S)[nH]c1-c1ccc(F)cc1. The number of carbonyl (C=O) groups excluding carboxylic acids is 1. The van der Waals surface area contributed by atoms with Crippen molar-refractivity contribution in [3.05, 3.63) is 40.5 Å². The van der Waals surface area contributed by atoms with Crippen molar-refractivity contribution in [2.24, 2.45) is 0 Å². The van der Waals surface area contributed by atoms with E-state index in [1.807, 2.05) is 0 Å². The van der Waals surface area contributed by atoms with Gasteiger partial charge in [0.1, 0.15) is 5.82 Å². The molecule has 2 rings (SSSR count). The number of hydrogen-bond acceptors (Lipinski definition) is 3. The summed E-state index contributed by atoms with van der Waals surface area (Å²) in [5.41, 5.74) is 1.37. The highest BCUT2D eigenvalue weighted by molar-refractivity contribution is 7.71. The van der Waals surface area contributed by atoms with Crippen molar-refractivity contribution < 1.29 is 13.9 Å². The maximum atomic E-state index is 12.8. The van der Waals surface area contributed by atoms with Gasteiger partial charge in [-0.3, -0.25) is 0 Å². The minimum atomic E-state index is -0.531. The summed E-state index contributed by atoms with van der Waals surface area (Å²) in [6.45, 7) is 0. The van der Waals surface area contributed by atoms with Gasteiger partial charge in [0.05, 0.1) is 12.8 Å². The minimum Gasteiger partial charge on any atom is -0.464 e. The number of ether oxygens (including phenoxy) is 1. The Balaban J connectivity index is 2.55. The number of hydrogen-bond donors (Lipinski definition) is 2. The Hall–Kier alpha value is -1.95. The molecular formula is C11H9FN2O2S. The standard InChI is InChI=1S/C11H9FN2O2S/c1-16-10(15)9-8(13-11(17)14-9)6-2-4-7(12)5-3-6/h2-5H,1H3,(H2,13,14,17). The summed E-state index contributed by atoms with van der Waals surface area (Å²) in [5.74, 6) is -0.876. The van der Waals surface area contributed by atoms with Crippen LogP contribution in [0.4, 0.5) is 4.39 Å². The van der Waals surface area contributed by atoms with Gasteiger partial charge in [-0.1, -0.05) is 0 Å². The molecule has 2 N–H and O–H groups in total. The van der Waals surface area contributed by atoms with Crippen LogP contribution in [0.1, 0.15) is 10.5 Å². The van der Waals surface area contributed by atoms with E-state index in [0.29, 0.717) is 16.0 Å². The van der Waals surface area contributed by atoms with Crippen molar-refractivity contribution in [1.82, 2.24) is 9.97 Å². The van der Waals surface area contributed by atoms with Crippen LogP contribution in [0.5, 0.6) is 0 Å². The molecule has 0 fully saturated rings. The Bertz CT molecular complexity index is 601. The number of rotatable bonds is 2. The van der Waals surface area contributed by atoms with Crippen molar-refractivity contribution in [2.45, 2.75) is 0 Å². The van der Waals surface area contributed by atoms with Crippen molar-refractivity contribution in [3.8, 4) is 11.3 Å². The number of imidazole rings is 1. The normalized spacial score (nSPS) is 10.2. The number of methoxy groups -OCH3 is 1. The van der Waals surface area contributed by atoms with Gasteiger partial charge in [-0.25, -0.2) is 9.18 Å². The first kappa shape index (κ1) is 11.5. The van der Waals surface area contributed by atoms with E-state index in [4.69, 9.17) is 12.2 Å². The second-order valence-electron chi connectivity index (χ2n) is 3.33. The number of aromatic amines is 2. The fourth-order valence-corrected chi connectivity index (χ4v) is 1.68. The first-order chi connectivity index (χ1) is 8.11. The molecular weight excluding hydrogens is 243 g/mol. The summed E-state index contributed by atoms with van der Waals surface area (Å²) >= 11 is 4.92. The van der Waals surface area contributed by atoms with Gasteiger partial charge >= 0.3 is 5.97 Å². The largest absolute Gasteiger partial charge is 0.464 e. The van der Waals surface area contributed by atoms with Gasteiger partial charge in [0.15, 0.2) is 10.5 Å². The van der Waals surface area contributed by atoms with Gasteiger partial charge in [-0.2, -0.15) is 0 Å². The molecule has 2 aromatic rings. The molecule has 0 saturated carbocycles. The summed E-state index contributed by atoms with van der Waals surface area (Å²) in [4.78, 5) is 17.0. The lowest BCUT2D eigenvalue weighted by molar-refractivity contribution is 0.0595. The van der Waals surface area contributed by atoms with Crippen LogP contribution >= 0.6 is 12.2 Å². The van der Waals surface area contributed by atoms with E-state index in [2.05, 4.69) is 14.7 Å². The van der Waals surface area contributed by atoms with Crippen LogP contribution < -0.4 is 0 Å². The summed E-state index contributed by atoms with van der Waals surface area (Å²) < 4.78 is 17.7. The molecule has 0 saturated heterocycles. The predicted octanol–water partition coefficient (Wildman–Crippen LogP) is 2.66. The average Bonchev–Trinajstić information content (AvgIpc) is 2.71. The van der Waals surface area contributed by atoms with Crippen LogP contribution in [0, 0.1) is 10.6 Å². The molecule has 88 valence electrons. The molecule has 6 heteroatoms. The Morgan fingerprint density at radius 3 is 2.53 bits per heavy atom. The summed E-state index contributed by atoms with van der Waals surface area (Å²) in [7, 11) is 1.28. The number of halogens is 1. The van der Waals surface area contributed by atoms with E-state index in [1.54, 1.807) is 12.1 Å². The van der Waals surface area contributed by atoms with Gasteiger partial charge in [-0.15, -0.1) is 0 Å². The average molecular weight is 252 g/mol. The first-order valence-corrected chi connectivity index (χ1v) is 5.19. The smallest absolute Gasteiger partial charge is 0.356 e. The Morgan fingerprint density at radius 2 is 1.94 bits per heavy atom. The third kappa shape index (κ3) is 2.26. The second kappa shape index (κ2) is 4.50. The minimum absolute atomic E-state index is 0.226. The monoisotopic (exact) mass is 252 g/mol. The Morgan fingerprint density at radius 1 is 1.29 bits per heavy atom. The van der Waals surface area contributed by atoms with E-state index in [-0.39, 0.29) is 11.5 Å². The number of esters is 1. The molecule has 17 heavy (non-hydrogen) atoms. The van der Waals surface area contributed by atoms with Crippen LogP contribution in [0.3, 0.4) is 0 Å². The molecule has 0 bridgehead atoms. The van der Waals surface area contributed by atoms with E-state index in [9.17, 15) is 9.18 Å². The van der Waals surface area contributed by atoms with Crippen LogP contribution in [0.15, 0.2) is 24.3 Å². The quantitative estimate of drug-likeness (QED) is 0.638. The molecule has 0 amide bonds. The van der Waals surface area contributed by atoms with E-state index < -0.39 is 5.97 Å². The van der Waals surface area contributed by atoms with Crippen LogP contribution in [-0.2, 0) is 4.74 Å². The molecule has 1 heterocycles. The van der Waals surface area contributed by atoms with Crippen molar-refractivity contribution >= 4 is 18.2 Å². The number of aromatic nitrogens is 2. The van der Waals surface area contributed by atoms with Crippen LogP contribution in [0.2, 0.25) is 0 Å².